The van der Waals surface area contributed by atoms with Gasteiger partial charge in [-0.25, -0.2) is 4.79 Å². The van der Waals surface area contributed by atoms with E-state index in [0.717, 1.165) is 24.3 Å². The highest BCUT2D eigenvalue weighted by Crippen LogP contribution is 2.30. The minimum Gasteiger partial charge on any atom is -0.448 e. The van der Waals surface area contributed by atoms with Crippen LogP contribution < -0.4 is 15.5 Å². The zero-order chi connectivity index (χ0) is 22.3. The van der Waals surface area contributed by atoms with Gasteiger partial charge in [-0.1, -0.05) is 24.3 Å². The van der Waals surface area contributed by atoms with Gasteiger partial charge in [-0.05, 0) is 62.1 Å². The van der Waals surface area contributed by atoms with Crippen LogP contribution in [0.5, 0.6) is 0 Å². The first-order valence-corrected chi connectivity index (χ1v) is 11.3. The van der Waals surface area contributed by atoms with E-state index < -0.39 is 11.6 Å². The van der Waals surface area contributed by atoms with Crippen molar-refractivity contribution in [1.82, 2.24) is 5.32 Å². The van der Waals surface area contributed by atoms with Crippen molar-refractivity contribution in [3.05, 3.63) is 59.7 Å². The number of amides is 2. The molecule has 0 bridgehead atoms. The second kappa shape index (κ2) is 10.5. The molecule has 1 aliphatic carbocycles. The largest absolute Gasteiger partial charge is 0.448 e. The van der Waals surface area contributed by atoms with Crippen molar-refractivity contribution in [2.24, 2.45) is 0 Å². The number of alkyl halides is 1. The molecule has 7 heteroatoms. The van der Waals surface area contributed by atoms with Crippen LogP contribution in [0, 0.1) is 0 Å². The zero-order valence-corrected chi connectivity index (χ0v) is 18.9. The van der Waals surface area contributed by atoms with Crippen LogP contribution in [-0.4, -0.2) is 43.1 Å². The van der Waals surface area contributed by atoms with Crippen LogP contribution in [-0.2, 0) is 22.4 Å². The van der Waals surface area contributed by atoms with Crippen LogP contribution in [0.4, 0.5) is 16.2 Å². The Labute approximate surface area is 188 Å². The minimum atomic E-state index is -1.09. The number of carbonyl (C=O) groups is 2. The molecule has 3 rings (SSSR count). The van der Waals surface area contributed by atoms with E-state index in [4.69, 9.17) is 16.3 Å². The van der Waals surface area contributed by atoms with Crippen LogP contribution in [0.1, 0.15) is 31.4 Å². The molecule has 0 radical (unpaired) electrons. The molecule has 0 saturated carbocycles. The SMILES string of the molecule is CCN(CC)c1ccc(NC(=O)C2(NC(=O)OCCCl)CCc3ccccc3C2)cc1. The van der Waals surface area contributed by atoms with E-state index in [1.165, 1.54) is 5.56 Å². The number of hydrogen-bond acceptors (Lipinski definition) is 4. The topological polar surface area (TPSA) is 70.7 Å². The molecular weight excluding hydrogens is 414 g/mol. The summed E-state index contributed by atoms with van der Waals surface area (Å²) in [6.45, 7) is 6.14. The first kappa shape index (κ1) is 22.9. The summed E-state index contributed by atoms with van der Waals surface area (Å²) in [6, 6.07) is 15.8. The fourth-order valence-corrected chi connectivity index (χ4v) is 4.13. The van der Waals surface area contributed by atoms with E-state index >= 15 is 0 Å². The van der Waals surface area contributed by atoms with Gasteiger partial charge in [0.2, 0.25) is 0 Å². The van der Waals surface area contributed by atoms with E-state index in [1.807, 2.05) is 42.5 Å². The number of aryl methyl sites for hydroxylation is 1. The Bertz CT molecular complexity index is 899. The molecule has 6 nitrogen and oxygen atoms in total. The Morgan fingerprint density at radius 2 is 1.74 bits per heavy atom. The fourth-order valence-electron chi connectivity index (χ4n) is 4.05. The molecule has 1 aliphatic rings. The highest BCUT2D eigenvalue weighted by atomic mass is 35.5. The Balaban J connectivity index is 1.80. The summed E-state index contributed by atoms with van der Waals surface area (Å²) < 4.78 is 5.11. The molecule has 0 aromatic heterocycles. The monoisotopic (exact) mass is 443 g/mol. The first-order valence-electron chi connectivity index (χ1n) is 10.8. The number of halogens is 1. The van der Waals surface area contributed by atoms with Crippen LogP contribution >= 0.6 is 11.6 Å². The first-order chi connectivity index (χ1) is 15.0. The van der Waals surface area contributed by atoms with Crippen molar-refractivity contribution in [3.8, 4) is 0 Å². The number of fused-ring (bicyclic) bond motifs is 1. The average molecular weight is 444 g/mol. The number of nitrogens with zero attached hydrogens (tertiary/aromatic N) is 1. The molecule has 2 N–H and O–H groups in total. The quantitative estimate of drug-likeness (QED) is 0.594. The summed E-state index contributed by atoms with van der Waals surface area (Å²) in [5.74, 6) is -0.0469. The third kappa shape index (κ3) is 5.50. The lowest BCUT2D eigenvalue weighted by molar-refractivity contribution is -0.122. The van der Waals surface area contributed by atoms with Gasteiger partial charge in [-0.3, -0.25) is 4.79 Å². The van der Waals surface area contributed by atoms with Gasteiger partial charge in [0.25, 0.3) is 5.91 Å². The van der Waals surface area contributed by atoms with Gasteiger partial charge in [0, 0.05) is 30.9 Å². The highest BCUT2D eigenvalue weighted by molar-refractivity contribution is 6.18. The number of ether oxygens (including phenoxy) is 1. The van der Waals surface area contributed by atoms with Gasteiger partial charge < -0.3 is 20.3 Å². The zero-order valence-electron chi connectivity index (χ0n) is 18.1. The second-order valence-electron chi connectivity index (χ2n) is 7.65. The number of benzene rings is 2. The minimum absolute atomic E-state index is 0.0918. The van der Waals surface area contributed by atoms with Gasteiger partial charge in [0.15, 0.2) is 0 Å². The van der Waals surface area contributed by atoms with Crippen molar-refractivity contribution in [1.29, 1.82) is 0 Å². The summed E-state index contributed by atoms with van der Waals surface area (Å²) in [6.07, 6.45) is 0.957. The van der Waals surface area contributed by atoms with Crippen LogP contribution in [0.3, 0.4) is 0 Å². The van der Waals surface area contributed by atoms with Crippen molar-refractivity contribution in [2.45, 2.75) is 38.6 Å². The molecule has 31 heavy (non-hydrogen) atoms. The van der Waals surface area contributed by atoms with Crippen molar-refractivity contribution in [2.75, 3.05) is 35.8 Å². The lowest BCUT2D eigenvalue weighted by atomic mass is 9.77. The van der Waals surface area contributed by atoms with Crippen molar-refractivity contribution in [3.63, 3.8) is 0 Å². The lowest BCUT2D eigenvalue weighted by Crippen LogP contribution is -2.60. The Morgan fingerprint density at radius 1 is 1.06 bits per heavy atom. The van der Waals surface area contributed by atoms with E-state index in [9.17, 15) is 9.59 Å². The molecule has 0 fully saturated rings. The predicted octanol–water partition coefficient (Wildman–Crippen LogP) is 4.36. The molecule has 0 spiro atoms. The van der Waals surface area contributed by atoms with Crippen LogP contribution in [0.25, 0.3) is 0 Å². The number of hydrogen-bond donors (Lipinski definition) is 2. The maximum Gasteiger partial charge on any atom is 0.408 e. The highest BCUT2D eigenvalue weighted by Gasteiger charge is 2.43. The van der Waals surface area contributed by atoms with Crippen LogP contribution in [0.15, 0.2) is 48.5 Å². The number of carbonyl (C=O) groups excluding carboxylic acids is 2. The summed E-state index contributed by atoms with van der Waals surface area (Å²) in [4.78, 5) is 28.0. The maximum atomic E-state index is 13.4. The third-order valence-electron chi connectivity index (χ3n) is 5.77. The van der Waals surface area contributed by atoms with Crippen molar-refractivity contribution < 1.29 is 14.3 Å². The molecule has 0 aliphatic heterocycles. The van der Waals surface area contributed by atoms with Gasteiger partial charge in [0.1, 0.15) is 12.1 Å². The standard InChI is InChI=1S/C24H30ClN3O3/c1-3-28(4-2)21-11-9-20(10-12-21)26-22(29)24(27-23(30)31-16-15-25)14-13-18-7-5-6-8-19(18)17-24/h5-12H,3-4,13-17H2,1-2H3,(H,26,29)(H,27,30). The smallest absolute Gasteiger partial charge is 0.408 e. The van der Waals surface area contributed by atoms with Crippen LogP contribution in [0.2, 0.25) is 0 Å². The van der Waals surface area contributed by atoms with E-state index in [2.05, 4.69) is 35.4 Å². The van der Waals surface area contributed by atoms with Gasteiger partial charge >= 0.3 is 6.09 Å². The third-order valence-corrected chi connectivity index (χ3v) is 5.93. The lowest BCUT2D eigenvalue weighted by Gasteiger charge is -2.37. The molecule has 0 saturated heterocycles. The molecule has 2 aromatic carbocycles. The summed E-state index contributed by atoms with van der Waals surface area (Å²) >= 11 is 5.63. The van der Waals surface area contributed by atoms with E-state index in [0.29, 0.717) is 24.9 Å². The molecule has 0 heterocycles. The second-order valence-corrected chi connectivity index (χ2v) is 8.03. The average Bonchev–Trinajstić information content (AvgIpc) is 2.79. The number of nitrogens with one attached hydrogen (secondary N) is 2. The van der Waals surface area contributed by atoms with E-state index in [1.54, 1.807) is 0 Å². The molecule has 2 aromatic rings. The maximum absolute atomic E-state index is 13.4. The fraction of sp³-hybridized carbons (Fsp3) is 0.417. The van der Waals surface area contributed by atoms with Crippen molar-refractivity contribution >= 4 is 35.0 Å². The molecule has 166 valence electrons. The van der Waals surface area contributed by atoms with Gasteiger partial charge in [-0.15, -0.1) is 11.6 Å². The predicted molar refractivity (Wildman–Crippen MR) is 125 cm³/mol. The molecule has 2 amide bonds. The molecular formula is C24H30ClN3O3. The normalized spacial score (nSPS) is 17.4. The van der Waals surface area contributed by atoms with Gasteiger partial charge in [0.05, 0.1) is 5.88 Å². The number of anilines is 2. The Hall–Kier alpha value is -2.73. The Morgan fingerprint density at radius 3 is 2.39 bits per heavy atom. The van der Waals surface area contributed by atoms with E-state index in [-0.39, 0.29) is 18.4 Å². The molecule has 1 atom stereocenters. The summed E-state index contributed by atoms with van der Waals surface area (Å²) in [7, 11) is 0. The van der Waals surface area contributed by atoms with Gasteiger partial charge in [-0.2, -0.15) is 0 Å². The molecule has 1 unspecified atom stereocenters. The number of rotatable bonds is 8. The summed E-state index contributed by atoms with van der Waals surface area (Å²) in [5.41, 5.74) is 2.96. The Kier molecular flexibility index (Phi) is 7.80. The number of alkyl carbamates (subject to hydrolysis) is 1. The summed E-state index contributed by atoms with van der Waals surface area (Å²) in [5, 5.41) is 5.83.